The van der Waals surface area contributed by atoms with Gasteiger partial charge in [-0.2, -0.15) is 0 Å². The molecule has 0 aliphatic heterocycles. The van der Waals surface area contributed by atoms with Crippen molar-refractivity contribution in [3.63, 3.8) is 0 Å². The van der Waals surface area contributed by atoms with E-state index in [9.17, 15) is 0 Å². The Morgan fingerprint density at radius 1 is 0.333 bits per heavy atom. The van der Waals surface area contributed by atoms with E-state index in [1.165, 1.54) is 70.6 Å². The zero-order valence-electron chi connectivity index (χ0n) is 22.9. The molecule has 42 heavy (non-hydrogen) atoms. The Labute approximate surface area is 249 Å². The number of thiophene rings is 1. The fraction of sp³-hybridized carbons (Fsp3) is 0. The molecule has 2 heteroatoms. The van der Waals surface area contributed by atoms with E-state index in [0.717, 1.165) is 0 Å². The second kappa shape index (κ2) is 10.3. The maximum Gasteiger partial charge on any atom is 0.0541 e. The highest BCUT2D eigenvalue weighted by molar-refractivity contribution is 7.18. The minimum atomic E-state index is 1.18. The van der Waals surface area contributed by atoms with Gasteiger partial charge in [-0.15, -0.1) is 11.3 Å². The van der Waals surface area contributed by atoms with Crippen LogP contribution in [0.2, 0.25) is 0 Å². The Balaban J connectivity index is 1.09. The molecule has 0 radical (unpaired) electrons. The highest BCUT2D eigenvalue weighted by Crippen LogP contribution is 2.38. The first-order chi connectivity index (χ1) is 20.8. The van der Waals surface area contributed by atoms with Crippen LogP contribution in [-0.4, -0.2) is 4.57 Å². The van der Waals surface area contributed by atoms with Crippen LogP contribution in [0.4, 0.5) is 0 Å². The summed E-state index contributed by atoms with van der Waals surface area (Å²) in [6, 6.07) is 59.1. The second-order valence-electron chi connectivity index (χ2n) is 10.6. The van der Waals surface area contributed by atoms with Crippen molar-refractivity contribution in [1.82, 2.24) is 4.57 Å². The summed E-state index contributed by atoms with van der Waals surface area (Å²) in [6.07, 6.45) is 0. The largest absolute Gasteiger partial charge is 0.309 e. The van der Waals surface area contributed by atoms with Crippen molar-refractivity contribution in [2.75, 3.05) is 0 Å². The van der Waals surface area contributed by atoms with Gasteiger partial charge in [-0.25, -0.2) is 0 Å². The fourth-order valence-electron chi connectivity index (χ4n) is 5.94. The summed E-state index contributed by atoms with van der Waals surface area (Å²) in [4.78, 5) is 2.57. The van der Waals surface area contributed by atoms with Crippen LogP contribution < -0.4 is 0 Å². The lowest BCUT2D eigenvalue weighted by Crippen LogP contribution is -1.92. The maximum atomic E-state index is 2.36. The van der Waals surface area contributed by atoms with Crippen LogP contribution in [0.1, 0.15) is 0 Å². The molecule has 0 fully saturated rings. The third-order valence-electron chi connectivity index (χ3n) is 8.07. The minimum Gasteiger partial charge on any atom is -0.309 e. The lowest BCUT2D eigenvalue weighted by molar-refractivity contribution is 1.18. The molecule has 2 aromatic heterocycles. The van der Waals surface area contributed by atoms with Gasteiger partial charge in [0.05, 0.1) is 11.0 Å². The van der Waals surface area contributed by atoms with Gasteiger partial charge in [0.15, 0.2) is 0 Å². The minimum absolute atomic E-state index is 1.18. The molecule has 8 aromatic rings. The van der Waals surface area contributed by atoms with E-state index in [0.29, 0.717) is 0 Å². The van der Waals surface area contributed by atoms with Crippen molar-refractivity contribution >= 4 is 33.1 Å². The van der Waals surface area contributed by atoms with Gasteiger partial charge in [0, 0.05) is 26.2 Å². The first-order valence-electron chi connectivity index (χ1n) is 14.3. The molecule has 0 bridgehead atoms. The molecule has 0 aliphatic rings. The molecule has 0 atom stereocenters. The predicted octanol–water partition coefficient (Wildman–Crippen LogP) is 11.5. The lowest BCUT2D eigenvalue weighted by atomic mass is 10.0. The van der Waals surface area contributed by atoms with Crippen LogP contribution in [0.25, 0.3) is 70.6 Å². The predicted molar refractivity (Wildman–Crippen MR) is 180 cm³/mol. The number of hydrogen-bond donors (Lipinski definition) is 0. The van der Waals surface area contributed by atoms with E-state index in [1.807, 2.05) is 11.3 Å². The van der Waals surface area contributed by atoms with Crippen molar-refractivity contribution in [3.8, 4) is 48.8 Å². The van der Waals surface area contributed by atoms with E-state index >= 15 is 0 Å². The summed E-state index contributed by atoms with van der Waals surface area (Å²) in [5.41, 5.74) is 11.1. The molecule has 0 aliphatic carbocycles. The van der Waals surface area contributed by atoms with E-state index in [1.54, 1.807) is 0 Å². The number of para-hydroxylation sites is 2. The average molecular weight is 554 g/mol. The van der Waals surface area contributed by atoms with E-state index in [2.05, 4.69) is 168 Å². The van der Waals surface area contributed by atoms with Gasteiger partial charge in [-0.05, 0) is 75.8 Å². The van der Waals surface area contributed by atoms with Gasteiger partial charge >= 0.3 is 0 Å². The van der Waals surface area contributed by atoms with Gasteiger partial charge in [-0.1, -0.05) is 121 Å². The average Bonchev–Trinajstić information content (AvgIpc) is 3.69. The van der Waals surface area contributed by atoms with Crippen molar-refractivity contribution in [1.29, 1.82) is 0 Å². The zero-order valence-corrected chi connectivity index (χ0v) is 23.8. The van der Waals surface area contributed by atoms with E-state index < -0.39 is 0 Å². The van der Waals surface area contributed by atoms with Crippen LogP contribution in [0.5, 0.6) is 0 Å². The molecule has 6 aromatic carbocycles. The quantitative estimate of drug-likeness (QED) is 0.200. The third kappa shape index (κ3) is 4.34. The van der Waals surface area contributed by atoms with Crippen molar-refractivity contribution in [3.05, 3.63) is 164 Å². The topological polar surface area (TPSA) is 4.93 Å². The summed E-state index contributed by atoms with van der Waals surface area (Å²) < 4.78 is 2.36. The van der Waals surface area contributed by atoms with Crippen LogP contribution >= 0.6 is 11.3 Å². The van der Waals surface area contributed by atoms with Crippen LogP contribution in [0.15, 0.2) is 164 Å². The number of nitrogens with zero attached hydrogens (tertiary/aromatic N) is 1. The number of rotatable bonds is 5. The van der Waals surface area contributed by atoms with Gasteiger partial charge in [0.1, 0.15) is 0 Å². The molecule has 0 unspecified atom stereocenters. The molecule has 0 N–H and O–H groups in total. The molecule has 1 nitrogen and oxygen atoms in total. The third-order valence-corrected chi connectivity index (χ3v) is 9.26. The molecule has 198 valence electrons. The number of benzene rings is 6. The Morgan fingerprint density at radius 2 is 0.810 bits per heavy atom. The van der Waals surface area contributed by atoms with Gasteiger partial charge in [0.2, 0.25) is 0 Å². The summed E-state index contributed by atoms with van der Waals surface area (Å²) >= 11 is 1.84. The van der Waals surface area contributed by atoms with E-state index in [4.69, 9.17) is 0 Å². The Hall–Kier alpha value is -5.18. The van der Waals surface area contributed by atoms with Gasteiger partial charge in [-0.3, -0.25) is 0 Å². The summed E-state index contributed by atoms with van der Waals surface area (Å²) in [7, 11) is 0. The molecule has 0 saturated carbocycles. The van der Waals surface area contributed by atoms with Gasteiger partial charge < -0.3 is 4.57 Å². The second-order valence-corrected chi connectivity index (χ2v) is 11.7. The summed E-state index contributed by atoms with van der Waals surface area (Å²) in [5.74, 6) is 0. The standard InChI is InChI=1S/C40H27NS/c1-3-9-28(10-4-1)29-15-19-31(20-16-29)39-25-26-40(42-39)32-21-17-30(18-22-32)33-23-24-38-36(27-33)35-13-7-8-14-37(35)41(38)34-11-5-2-6-12-34/h1-27H. The summed E-state index contributed by atoms with van der Waals surface area (Å²) in [6.45, 7) is 0. The molecule has 8 rings (SSSR count). The Morgan fingerprint density at radius 3 is 1.48 bits per heavy atom. The highest BCUT2D eigenvalue weighted by atomic mass is 32.1. The SMILES string of the molecule is c1ccc(-c2ccc(-c3ccc(-c4ccc(-c5ccc6c(c5)c5ccccc5n6-c5ccccc5)cc4)s3)cc2)cc1. The maximum absolute atomic E-state index is 2.36. The molecular weight excluding hydrogens is 527 g/mol. The molecule has 0 amide bonds. The van der Waals surface area contributed by atoms with Crippen LogP contribution in [0.3, 0.4) is 0 Å². The van der Waals surface area contributed by atoms with Crippen molar-refractivity contribution in [2.45, 2.75) is 0 Å². The Bertz CT molecular complexity index is 2150. The van der Waals surface area contributed by atoms with Gasteiger partial charge in [0.25, 0.3) is 0 Å². The van der Waals surface area contributed by atoms with E-state index in [-0.39, 0.29) is 0 Å². The smallest absolute Gasteiger partial charge is 0.0541 e. The molecule has 0 spiro atoms. The van der Waals surface area contributed by atoms with Crippen molar-refractivity contribution < 1.29 is 0 Å². The monoisotopic (exact) mass is 553 g/mol. The number of fused-ring (bicyclic) bond motifs is 3. The number of aromatic nitrogens is 1. The molecule has 0 saturated heterocycles. The fourth-order valence-corrected chi connectivity index (χ4v) is 6.96. The lowest BCUT2D eigenvalue weighted by Gasteiger charge is -2.08. The summed E-state index contributed by atoms with van der Waals surface area (Å²) in [5, 5.41) is 2.55. The zero-order chi connectivity index (χ0) is 27.9. The first kappa shape index (κ1) is 24.6. The highest BCUT2D eigenvalue weighted by Gasteiger charge is 2.13. The van der Waals surface area contributed by atoms with Crippen LogP contribution in [0, 0.1) is 0 Å². The molecular formula is C40H27NS. The normalized spacial score (nSPS) is 11.3. The first-order valence-corrected chi connectivity index (χ1v) is 15.1. The number of hydrogen-bond acceptors (Lipinski definition) is 1. The van der Waals surface area contributed by atoms with Crippen LogP contribution in [-0.2, 0) is 0 Å². The van der Waals surface area contributed by atoms with Crippen molar-refractivity contribution in [2.24, 2.45) is 0 Å². The molecule has 2 heterocycles. The Kier molecular flexibility index (Phi) is 6.05.